The van der Waals surface area contributed by atoms with Gasteiger partial charge in [-0.3, -0.25) is 4.79 Å². The number of carbonyl (C=O) groups is 5. The molecule has 0 spiro atoms. The van der Waals surface area contributed by atoms with Crippen LogP contribution in [0, 0.1) is 0 Å². The van der Waals surface area contributed by atoms with Crippen LogP contribution in [-0.2, 0) is 33.4 Å². The molecule has 0 atom stereocenters. The summed E-state index contributed by atoms with van der Waals surface area (Å²) in [5.74, 6) is -4.43. The van der Waals surface area contributed by atoms with Gasteiger partial charge in [-0.1, -0.05) is 77.0 Å². The molecule has 2 N–H and O–H groups in total. The van der Waals surface area contributed by atoms with Gasteiger partial charge in [0.1, 0.15) is 0 Å². The number of hydrogen-bond donors (Lipinski definition) is 2. The Bertz CT molecular complexity index is 867. The van der Waals surface area contributed by atoms with Crippen LogP contribution in [-0.4, -0.2) is 47.2 Å². The molecule has 1 rings (SSSR count). The number of unbranched alkanes of at least 4 members (excludes halogenated alkanes) is 13. The Morgan fingerprint density at radius 2 is 1.16 bits per heavy atom. The maximum absolute atomic E-state index is 11.8. The van der Waals surface area contributed by atoms with Gasteiger partial charge in [-0.25, -0.2) is 19.2 Å². The van der Waals surface area contributed by atoms with E-state index in [2.05, 4.69) is 9.47 Å². The summed E-state index contributed by atoms with van der Waals surface area (Å²) in [6, 6.07) is 0. The maximum atomic E-state index is 11.8. The van der Waals surface area contributed by atoms with Gasteiger partial charge in [0.05, 0.1) is 19.1 Å². The maximum Gasteiger partial charge on any atom is 0.342 e. The minimum absolute atomic E-state index is 0.150. The second-order valence-electron chi connectivity index (χ2n) is 9.55. The predicted octanol–water partition coefficient (Wildman–Crippen LogP) is 5.66. The fourth-order valence-electron chi connectivity index (χ4n) is 4.48. The summed E-state index contributed by atoms with van der Waals surface area (Å²) < 4.78 is 9.15. The average molecular weight is 523 g/mol. The highest BCUT2D eigenvalue weighted by Gasteiger charge is 2.29. The second-order valence-corrected chi connectivity index (χ2v) is 9.55. The topological polar surface area (TPSA) is 144 Å². The highest BCUT2D eigenvalue weighted by molar-refractivity contribution is 6.12. The van der Waals surface area contributed by atoms with Crippen molar-refractivity contribution in [2.75, 3.05) is 7.11 Å². The lowest BCUT2D eigenvalue weighted by molar-refractivity contribution is -0.151. The van der Waals surface area contributed by atoms with E-state index >= 15 is 0 Å². The van der Waals surface area contributed by atoms with Crippen LogP contribution in [0.3, 0.4) is 0 Å². The largest absolute Gasteiger partial charge is 0.481 e. The van der Waals surface area contributed by atoms with Crippen molar-refractivity contribution in [3.05, 3.63) is 22.3 Å². The molecule has 0 amide bonds. The molecular formula is C28H42O9. The van der Waals surface area contributed by atoms with Crippen LogP contribution in [0.1, 0.15) is 116 Å². The normalized spacial score (nSPS) is 14.0. The van der Waals surface area contributed by atoms with E-state index < -0.39 is 36.3 Å². The fourth-order valence-corrected chi connectivity index (χ4v) is 4.48. The molecule has 0 aromatic rings. The molecule has 9 nitrogen and oxygen atoms in total. The molecule has 0 saturated carbocycles. The van der Waals surface area contributed by atoms with Gasteiger partial charge in [0.25, 0.3) is 0 Å². The lowest BCUT2D eigenvalue weighted by Gasteiger charge is -2.09. The molecule has 0 fully saturated rings. The highest BCUT2D eigenvalue weighted by atomic mass is 16.6. The number of carboxylic acids is 2. The van der Waals surface area contributed by atoms with Gasteiger partial charge in [0.2, 0.25) is 0 Å². The summed E-state index contributed by atoms with van der Waals surface area (Å²) in [7, 11) is 1.11. The van der Waals surface area contributed by atoms with Gasteiger partial charge < -0.3 is 19.7 Å². The van der Waals surface area contributed by atoms with Gasteiger partial charge in [-0.15, -0.1) is 0 Å². The monoisotopic (exact) mass is 522 g/mol. The number of esters is 3. The molecule has 37 heavy (non-hydrogen) atoms. The van der Waals surface area contributed by atoms with Crippen molar-refractivity contribution in [2.45, 2.75) is 116 Å². The van der Waals surface area contributed by atoms with Gasteiger partial charge in [0, 0.05) is 16.7 Å². The molecule has 0 bridgehead atoms. The van der Waals surface area contributed by atoms with E-state index in [0.29, 0.717) is 24.0 Å². The molecular weight excluding hydrogens is 480 g/mol. The number of aliphatic carboxylic acids is 2. The molecule has 1 heterocycles. The Hall–Kier alpha value is -2.97. The Kier molecular flexibility index (Phi) is 15.9. The molecule has 0 aromatic carbocycles. The third-order valence-electron chi connectivity index (χ3n) is 6.68. The second kappa shape index (κ2) is 18.3. The summed E-state index contributed by atoms with van der Waals surface area (Å²) in [6.07, 6.45) is 15.0. The van der Waals surface area contributed by atoms with Gasteiger partial charge in [-0.05, 0) is 32.6 Å². The van der Waals surface area contributed by atoms with Crippen LogP contribution < -0.4 is 0 Å². The van der Waals surface area contributed by atoms with Crippen molar-refractivity contribution in [2.24, 2.45) is 0 Å². The van der Waals surface area contributed by atoms with Gasteiger partial charge >= 0.3 is 29.8 Å². The third-order valence-corrected chi connectivity index (χ3v) is 6.68. The first-order valence-electron chi connectivity index (χ1n) is 13.4. The van der Waals surface area contributed by atoms with E-state index in [0.717, 1.165) is 52.1 Å². The molecule has 9 heteroatoms. The molecule has 0 radical (unpaired) electrons. The fraction of sp³-hybridized carbons (Fsp3) is 0.679. The van der Waals surface area contributed by atoms with E-state index in [4.69, 9.17) is 5.11 Å². The van der Waals surface area contributed by atoms with E-state index in [-0.39, 0.29) is 17.6 Å². The van der Waals surface area contributed by atoms with Crippen LogP contribution in [0.4, 0.5) is 0 Å². The van der Waals surface area contributed by atoms with Crippen LogP contribution >= 0.6 is 0 Å². The zero-order valence-electron chi connectivity index (χ0n) is 22.3. The molecule has 208 valence electrons. The Labute approximate surface area is 219 Å². The van der Waals surface area contributed by atoms with Crippen LogP contribution in [0.25, 0.3) is 0 Å². The standard InChI is InChI=1S/C28H42O9/c1-20-21(28(35)37-26(20)33)17-15-13-11-9-7-5-3-4-6-8-10-12-14-16-18-22(25(31)32)23(19-24(29)30)27(34)36-2/h3-19H2,1-2H3,(H,29,30)(H,31,32). The Morgan fingerprint density at radius 3 is 1.54 bits per heavy atom. The van der Waals surface area contributed by atoms with Crippen molar-refractivity contribution in [1.82, 2.24) is 0 Å². The number of carbonyl (C=O) groups excluding carboxylic acids is 3. The van der Waals surface area contributed by atoms with E-state index in [9.17, 15) is 29.1 Å². The molecule has 1 aliphatic rings. The smallest absolute Gasteiger partial charge is 0.342 e. The van der Waals surface area contributed by atoms with E-state index in [1.165, 1.54) is 38.5 Å². The zero-order chi connectivity index (χ0) is 27.6. The number of ether oxygens (including phenoxy) is 2. The molecule has 0 aromatic heterocycles. The van der Waals surface area contributed by atoms with Crippen molar-refractivity contribution >= 4 is 29.8 Å². The quantitative estimate of drug-likeness (QED) is 0.0844. The number of carboxylic acid groups (broad SMARTS) is 2. The summed E-state index contributed by atoms with van der Waals surface area (Å²) in [5.41, 5.74) is 0.535. The average Bonchev–Trinajstić information content (AvgIpc) is 3.09. The Balaban J connectivity index is 2.03. The molecule has 0 aliphatic carbocycles. The number of methoxy groups -OCH3 is 1. The third kappa shape index (κ3) is 12.7. The number of hydrogen-bond acceptors (Lipinski definition) is 7. The van der Waals surface area contributed by atoms with Crippen molar-refractivity contribution in [1.29, 1.82) is 0 Å². The lowest BCUT2D eigenvalue weighted by Crippen LogP contribution is -2.16. The van der Waals surface area contributed by atoms with E-state index in [1.807, 2.05) is 0 Å². The van der Waals surface area contributed by atoms with Gasteiger partial charge in [-0.2, -0.15) is 0 Å². The lowest BCUT2D eigenvalue weighted by atomic mass is 9.98. The van der Waals surface area contributed by atoms with Crippen molar-refractivity contribution in [3.63, 3.8) is 0 Å². The molecule has 1 aliphatic heterocycles. The summed E-state index contributed by atoms with van der Waals surface area (Å²) >= 11 is 0. The van der Waals surface area contributed by atoms with Gasteiger partial charge in [0.15, 0.2) is 0 Å². The number of rotatable bonds is 21. The summed E-state index contributed by atoms with van der Waals surface area (Å²) in [5, 5.41) is 18.4. The molecule has 0 saturated heterocycles. The SMILES string of the molecule is COC(=O)C(CC(=O)O)=C(CCCCCCCCCCCCCCCCC1=C(C)C(=O)OC1=O)C(=O)O. The first-order chi connectivity index (χ1) is 17.7. The van der Waals surface area contributed by atoms with Crippen molar-refractivity contribution in [3.8, 4) is 0 Å². The summed E-state index contributed by atoms with van der Waals surface area (Å²) in [4.78, 5) is 57.2. The summed E-state index contributed by atoms with van der Waals surface area (Å²) in [6.45, 7) is 1.65. The predicted molar refractivity (Wildman–Crippen MR) is 137 cm³/mol. The highest BCUT2D eigenvalue weighted by Crippen LogP contribution is 2.23. The number of cyclic esters (lactones) is 2. The minimum Gasteiger partial charge on any atom is -0.481 e. The minimum atomic E-state index is -1.28. The Morgan fingerprint density at radius 1 is 0.703 bits per heavy atom. The molecule has 0 unspecified atom stereocenters. The first-order valence-corrected chi connectivity index (χ1v) is 13.4. The zero-order valence-corrected chi connectivity index (χ0v) is 22.3. The van der Waals surface area contributed by atoms with Crippen LogP contribution in [0.2, 0.25) is 0 Å². The van der Waals surface area contributed by atoms with Crippen molar-refractivity contribution < 1.29 is 43.7 Å². The van der Waals surface area contributed by atoms with E-state index in [1.54, 1.807) is 6.92 Å². The van der Waals surface area contributed by atoms with Crippen LogP contribution in [0.15, 0.2) is 22.3 Å². The first kappa shape index (κ1) is 32.1. The van der Waals surface area contributed by atoms with Crippen LogP contribution in [0.5, 0.6) is 0 Å².